The molecule has 1 saturated heterocycles. The number of anilines is 1. The number of benzene rings is 2. The highest BCUT2D eigenvalue weighted by Gasteiger charge is 2.43. The zero-order valence-electron chi connectivity index (χ0n) is 13.3. The predicted molar refractivity (Wildman–Crippen MR) is 92.4 cm³/mol. The normalized spacial score (nSPS) is 24.7. The van der Waals surface area contributed by atoms with E-state index in [1.807, 2.05) is 36.4 Å². The number of hydrogen-bond donors (Lipinski definition) is 1. The number of para-hydroxylation sites is 1. The number of nitrogens with one attached hydrogen (secondary N) is 1. The average molecular weight is 344 g/mol. The minimum absolute atomic E-state index is 0.00417. The Morgan fingerprint density at radius 1 is 1.21 bits per heavy atom. The molecular weight excluding hydrogens is 326 g/mol. The third-order valence-electron chi connectivity index (χ3n) is 4.91. The summed E-state index contributed by atoms with van der Waals surface area (Å²) in [5, 5.41) is 4.27. The van der Waals surface area contributed by atoms with Crippen molar-refractivity contribution in [3.05, 3.63) is 64.2 Å². The van der Waals surface area contributed by atoms with Crippen LogP contribution in [0.1, 0.15) is 40.1 Å². The zero-order chi connectivity index (χ0) is 16.7. The summed E-state index contributed by atoms with van der Waals surface area (Å²) in [6.45, 7) is 0.708. The number of methoxy groups -OCH3 is 1. The quantitative estimate of drug-likeness (QED) is 0.822. The highest BCUT2D eigenvalue weighted by atomic mass is 35.5. The third-order valence-corrected chi connectivity index (χ3v) is 5.26. The van der Waals surface area contributed by atoms with Crippen LogP contribution in [0.2, 0.25) is 5.02 Å². The lowest BCUT2D eigenvalue weighted by atomic mass is 9.80. The molecule has 2 aliphatic heterocycles. The molecule has 0 saturated carbocycles. The van der Waals surface area contributed by atoms with Crippen LogP contribution in [-0.4, -0.2) is 19.7 Å². The largest absolute Gasteiger partial charge is 0.465 e. The summed E-state index contributed by atoms with van der Waals surface area (Å²) in [4.78, 5) is 12.2. The van der Waals surface area contributed by atoms with Crippen LogP contribution in [0.4, 0.5) is 5.69 Å². The lowest BCUT2D eigenvalue weighted by Crippen LogP contribution is -2.30. The fourth-order valence-electron chi connectivity index (χ4n) is 3.81. The van der Waals surface area contributed by atoms with Crippen LogP contribution >= 0.6 is 11.6 Å². The molecule has 124 valence electrons. The SMILES string of the molecule is COC(=O)c1cccc2c1N[C@@H](c1ccccc1Cl)[C@H]1CCO[C@@H]21. The van der Waals surface area contributed by atoms with Crippen LogP contribution in [0.15, 0.2) is 42.5 Å². The first kappa shape index (κ1) is 15.5. The molecule has 0 bridgehead atoms. The fourth-order valence-corrected chi connectivity index (χ4v) is 4.07. The maximum absolute atomic E-state index is 12.2. The fraction of sp³-hybridized carbons (Fsp3) is 0.316. The Balaban J connectivity index is 1.84. The smallest absolute Gasteiger partial charge is 0.339 e. The summed E-state index contributed by atoms with van der Waals surface area (Å²) in [5.74, 6) is -0.0704. The molecule has 0 radical (unpaired) electrons. The molecule has 0 unspecified atom stereocenters. The van der Waals surface area contributed by atoms with Gasteiger partial charge in [0.1, 0.15) is 0 Å². The van der Waals surface area contributed by atoms with Crippen molar-refractivity contribution in [2.24, 2.45) is 5.92 Å². The lowest BCUT2D eigenvalue weighted by Gasteiger charge is -2.37. The predicted octanol–water partition coefficient (Wildman–Crippen LogP) is 4.37. The maximum atomic E-state index is 12.2. The van der Waals surface area contributed by atoms with Gasteiger partial charge in [-0.2, -0.15) is 0 Å². The van der Waals surface area contributed by atoms with Crippen LogP contribution in [-0.2, 0) is 9.47 Å². The van der Waals surface area contributed by atoms with Crippen molar-refractivity contribution in [2.75, 3.05) is 19.0 Å². The molecule has 1 fully saturated rings. The molecule has 3 atom stereocenters. The van der Waals surface area contributed by atoms with Gasteiger partial charge >= 0.3 is 5.97 Å². The van der Waals surface area contributed by atoms with Crippen LogP contribution < -0.4 is 5.32 Å². The second-order valence-electron chi connectivity index (χ2n) is 6.15. The number of esters is 1. The molecule has 0 spiro atoms. The molecule has 2 heterocycles. The number of hydrogen-bond acceptors (Lipinski definition) is 4. The number of carbonyl (C=O) groups excluding carboxylic acids is 1. The summed E-state index contributed by atoms with van der Waals surface area (Å²) in [6, 6.07) is 13.5. The summed E-state index contributed by atoms with van der Waals surface area (Å²) in [7, 11) is 1.39. The van der Waals surface area contributed by atoms with E-state index in [9.17, 15) is 4.79 Å². The molecule has 1 N–H and O–H groups in total. The van der Waals surface area contributed by atoms with Crippen LogP contribution in [0.25, 0.3) is 0 Å². The molecule has 2 aromatic rings. The Kier molecular flexibility index (Phi) is 3.94. The Morgan fingerprint density at radius 2 is 2.00 bits per heavy atom. The summed E-state index contributed by atoms with van der Waals surface area (Å²) < 4.78 is 10.9. The Bertz CT molecular complexity index is 792. The van der Waals surface area contributed by atoms with Gasteiger partial charge in [-0.25, -0.2) is 4.79 Å². The van der Waals surface area contributed by atoms with E-state index in [1.165, 1.54) is 7.11 Å². The topological polar surface area (TPSA) is 47.6 Å². The number of fused-ring (bicyclic) bond motifs is 3. The van der Waals surface area contributed by atoms with Gasteiger partial charge in [0.25, 0.3) is 0 Å². The molecule has 2 aliphatic rings. The summed E-state index contributed by atoms with van der Waals surface area (Å²) in [6.07, 6.45) is 0.919. The van der Waals surface area contributed by atoms with Crippen molar-refractivity contribution in [3.63, 3.8) is 0 Å². The molecule has 24 heavy (non-hydrogen) atoms. The van der Waals surface area contributed by atoms with Crippen LogP contribution in [0.5, 0.6) is 0 Å². The second-order valence-corrected chi connectivity index (χ2v) is 6.56. The maximum Gasteiger partial charge on any atom is 0.339 e. The van der Waals surface area contributed by atoms with Gasteiger partial charge in [-0.3, -0.25) is 0 Å². The van der Waals surface area contributed by atoms with Gasteiger partial charge in [0.05, 0.1) is 30.5 Å². The number of ether oxygens (including phenoxy) is 2. The van der Waals surface area contributed by atoms with Gasteiger partial charge < -0.3 is 14.8 Å². The van der Waals surface area contributed by atoms with Crippen molar-refractivity contribution < 1.29 is 14.3 Å². The first-order valence-corrected chi connectivity index (χ1v) is 8.42. The average Bonchev–Trinajstić information content (AvgIpc) is 3.10. The van der Waals surface area contributed by atoms with Gasteiger partial charge in [-0.05, 0) is 24.1 Å². The van der Waals surface area contributed by atoms with Crippen molar-refractivity contribution in [2.45, 2.75) is 18.6 Å². The summed E-state index contributed by atoms with van der Waals surface area (Å²) in [5.41, 5.74) is 3.37. The third kappa shape index (κ3) is 2.38. The molecule has 4 nitrogen and oxygen atoms in total. The van der Waals surface area contributed by atoms with Crippen molar-refractivity contribution in [1.29, 1.82) is 0 Å². The minimum Gasteiger partial charge on any atom is -0.465 e. The van der Waals surface area contributed by atoms with E-state index >= 15 is 0 Å². The minimum atomic E-state index is -0.353. The van der Waals surface area contributed by atoms with Crippen molar-refractivity contribution in [3.8, 4) is 0 Å². The first-order chi connectivity index (χ1) is 11.7. The van der Waals surface area contributed by atoms with E-state index in [0.29, 0.717) is 12.2 Å². The standard InChI is InChI=1S/C19H18ClNO3/c1-23-19(22)14-7-4-6-12-17(14)21-16(13-9-10-24-18(12)13)11-5-2-3-8-15(11)20/h2-8,13,16,18,21H,9-10H2,1H3/t13-,16+,18+/m1/s1. The Hall–Kier alpha value is -2.04. The first-order valence-electron chi connectivity index (χ1n) is 8.04. The second kappa shape index (κ2) is 6.11. The molecule has 4 rings (SSSR count). The molecule has 2 aromatic carbocycles. The lowest BCUT2D eigenvalue weighted by molar-refractivity contribution is 0.0598. The molecular formula is C19H18ClNO3. The van der Waals surface area contributed by atoms with E-state index in [-0.39, 0.29) is 24.0 Å². The van der Waals surface area contributed by atoms with E-state index in [1.54, 1.807) is 6.07 Å². The Morgan fingerprint density at radius 3 is 2.79 bits per heavy atom. The van der Waals surface area contributed by atoms with Crippen LogP contribution in [0, 0.1) is 5.92 Å². The van der Waals surface area contributed by atoms with Crippen molar-refractivity contribution in [1.82, 2.24) is 0 Å². The van der Waals surface area contributed by atoms with Gasteiger partial charge in [-0.1, -0.05) is 41.9 Å². The van der Waals surface area contributed by atoms with E-state index in [0.717, 1.165) is 28.3 Å². The van der Waals surface area contributed by atoms with Gasteiger partial charge in [0.15, 0.2) is 0 Å². The van der Waals surface area contributed by atoms with Gasteiger partial charge in [-0.15, -0.1) is 0 Å². The van der Waals surface area contributed by atoms with Crippen molar-refractivity contribution >= 4 is 23.3 Å². The van der Waals surface area contributed by atoms with Crippen LogP contribution in [0.3, 0.4) is 0 Å². The van der Waals surface area contributed by atoms with E-state index in [4.69, 9.17) is 21.1 Å². The van der Waals surface area contributed by atoms with E-state index in [2.05, 4.69) is 5.32 Å². The molecule has 0 aliphatic carbocycles. The molecule has 0 amide bonds. The zero-order valence-corrected chi connectivity index (χ0v) is 14.0. The molecule has 5 heteroatoms. The number of carbonyl (C=O) groups is 1. The number of rotatable bonds is 2. The van der Waals surface area contributed by atoms with Gasteiger partial charge in [0.2, 0.25) is 0 Å². The highest BCUT2D eigenvalue weighted by Crippen LogP contribution is 2.51. The van der Waals surface area contributed by atoms with Gasteiger partial charge in [0, 0.05) is 23.1 Å². The highest BCUT2D eigenvalue weighted by molar-refractivity contribution is 6.31. The molecule has 0 aromatic heterocycles. The monoisotopic (exact) mass is 343 g/mol. The van der Waals surface area contributed by atoms with E-state index < -0.39 is 0 Å². The summed E-state index contributed by atoms with van der Waals surface area (Å²) >= 11 is 6.43. The Labute approximate surface area is 145 Å². The number of halogens is 1.